The van der Waals surface area contributed by atoms with Crippen LogP contribution in [0, 0.1) is 5.82 Å². The molecule has 2 aromatic rings. The van der Waals surface area contributed by atoms with Crippen molar-refractivity contribution in [1.82, 2.24) is 15.1 Å². The molecule has 5 nitrogen and oxygen atoms in total. The molecule has 0 amide bonds. The van der Waals surface area contributed by atoms with Crippen LogP contribution in [-0.4, -0.2) is 47.4 Å². The fourth-order valence-electron chi connectivity index (χ4n) is 2.75. The summed E-state index contributed by atoms with van der Waals surface area (Å²) >= 11 is 5.66. The Kier molecular flexibility index (Phi) is 5.82. The monoisotopic (exact) mass is 350 g/mol. The van der Waals surface area contributed by atoms with E-state index in [9.17, 15) is 4.39 Å². The molecule has 0 radical (unpaired) electrons. The molecule has 1 aromatic carbocycles. The third-order valence-electron chi connectivity index (χ3n) is 4.08. The molecule has 1 aliphatic rings. The highest BCUT2D eigenvalue weighted by atomic mass is 35.5. The molecule has 0 bridgehead atoms. The average Bonchev–Trinajstić information content (AvgIpc) is 2.60. The van der Waals surface area contributed by atoms with Gasteiger partial charge < -0.3 is 10.1 Å². The number of halogens is 2. The molecule has 1 fully saturated rings. The van der Waals surface area contributed by atoms with E-state index in [0.29, 0.717) is 18.4 Å². The molecule has 1 saturated heterocycles. The summed E-state index contributed by atoms with van der Waals surface area (Å²) in [5, 5.41) is 11.4. The molecular weight excluding hydrogens is 331 g/mol. The second kappa shape index (κ2) is 8.26. The number of hydrogen-bond donors (Lipinski definition) is 1. The molecule has 0 atom stereocenters. The van der Waals surface area contributed by atoms with Gasteiger partial charge in [-0.1, -0.05) is 11.6 Å². The SMILES string of the molecule is Fc1cc(OCCN2CCC(Nc3cccnn3)CC2)ccc1Cl. The van der Waals surface area contributed by atoms with Crippen molar-refractivity contribution >= 4 is 17.4 Å². The third kappa shape index (κ3) is 4.79. The maximum atomic E-state index is 13.3. The van der Waals surface area contributed by atoms with E-state index in [4.69, 9.17) is 16.3 Å². The zero-order valence-corrected chi connectivity index (χ0v) is 14.0. The first-order chi connectivity index (χ1) is 11.7. The maximum absolute atomic E-state index is 13.3. The minimum atomic E-state index is -0.454. The van der Waals surface area contributed by atoms with Crippen LogP contribution in [-0.2, 0) is 0 Å². The summed E-state index contributed by atoms with van der Waals surface area (Å²) in [4.78, 5) is 2.35. The van der Waals surface area contributed by atoms with E-state index in [1.54, 1.807) is 12.3 Å². The molecule has 1 aliphatic heterocycles. The van der Waals surface area contributed by atoms with Crippen molar-refractivity contribution in [3.05, 3.63) is 47.4 Å². The molecule has 0 unspecified atom stereocenters. The molecule has 1 aromatic heterocycles. The summed E-state index contributed by atoms with van der Waals surface area (Å²) in [6, 6.07) is 8.74. The number of hydrogen-bond acceptors (Lipinski definition) is 5. The van der Waals surface area contributed by atoms with Gasteiger partial charge in [0.05, 0.1) is 5.02 Å². The fourth-order valence-corrected chi connectivity index (χ4v) is 2.87. The van der Waals surface area contributed by atoms with Crippen LogP contribution in [0.4, 0.5) is 10.2 Å². The highest BCUT2D eigenvalue weighted by Crippen LogP contribution is 2.20. The summed E-state index contributed by atoms with van der Waals surface area (Å²) in [5.74, 6) is 0.880. The number of nitrogens with zero attached hydrogens (tertiary/aromatic N) is 3. The van der Waals surface area contributed by atoms with E-state index in [1.807, 2.05) is 12.1 Å². The van der Waals surface area contributed by atoms with Gasteiger partial charge in [0.1, 0.15) is 24.0 Å². The lowest BCUT2D eigenvalue weighted by atomic mass is 10.1. The van der Waals surface area contributed by atoms with E-state index >= 15 is 0 Å². The number of piperidine rings is 1. The van der Waals surface area contributed by atoms with E-state index in [1.165, 1.54) is 12.1 Å². The smallest absolute Gasteiger partial charge is 0.148 e. The van der Waals surface area contributed by atoms with Crippen molar-refractivity contribution < 1.29 is 9.13 Å². The van der Waals surface area contributed by atoms with E-state index in [2.05, 4.69) is 20.4 Å². The van der Waals surface area contributed by atoms with Crippen molar-refractivity contribution in [3.63, 3.8) is 0 Å². The Morgan fingerprint density at radius 1 is 1.29 bits per heavy atom. The van der Waals surface area contributed by atoms with Crippen molar-refractivity contribution in [2.24, 2.45) is 0 Å². The Morgan fingerprint density at radius 2 is 2.12 bits per heavy atom. The van der Waals surface area contributed by atoms with Gasteiger partial charge in [-0.3, -0.25) is 4.90 Å². The molecule has 3 rings (SSSR count). The molecule has 0 spiro atoms. The second-order valence-corrected chi connectivity index (χ2v) is 6.20. The van der Waals surface area contributed by atoms with Crippen LogP contribution in [0.25, 0.3) is 0 Å². The van der Waals surface area contributed by atoms with Crippen LogP contribution in [0.5, 0.6) is 5.75 Å². The molecule has 24 heavy (non-hydrogen) atoms. The van der Waals surface area contributed by atoms with Crippen molar-refractivity contribution in [2.45, 2.75) is 18.9 Å². The highest BCUT2D eigenvalue weighted by Gasteiger charge is 2.19. The number of nitrogens with one attached hydrogen (secondary N) is 1. The lowest BCUT2D eigenvalue weighted by molar-refractivity contribution is 0.177. The molecule has 0 aliphatic carbocycles. The van der Waals surface area contributed by atoms with Gasteiger partial charge in [0.25, 0.3) is 0 Å². The maximum Gasteiger partial charge on any atom is 0.148 e. The first kappa shape index (κ1) is 16.9. The highest BCUT2D eigenvalue weighted by molar-refractivity contribution is 6.30. The third-order valence-corrected chi connectivity index (χ3v) is 4.39. The zero-order chi connectivity index (χ0) is 16.8. The van der Waals surface area contributed by atoms with Gasteiger partial charge in [-0.2, -0.15) is 5.10 Å². The summed E-state index contributed by atoms with van der Waals surface area (Å²) in [5.41, 5.74) is 0. The van der Waals surface area contributed by atoms with Gasteiger partial charge in [-0.05, 0) is 37.1 Å². The van der Waals surface area contributed by atoms with Crippen LogP contribution in [0.3, 0.4) is 0 Å². The number of ether oxygens (including phenoxy) is 1. The first-order valence-electron chi connectivity index (χ1n) is 8.05. The predicted octanol–water partition coefficient (Wildman–Crippen LogP) is 3.22. The lowest BCUT2D eigenvalue weighted by Gasteiger charge is -2.32. The van der Waals surface area contributed by atoms with Crippen LogP contribution in [0.1, 0.15) is 12.8 Å². The van der Waals surface area contributed by atoms with E-state index < -0.39 is 5.82 Å². The van der Waals surface area contributed by atoms with E-state index in [-0.39, 0.29) is 5.02 Å². The summed E-state index contributed by atoms with van der Waals surface area (Å²) in [6.07, 6.45) is 3.76. The van der Waals surface area contributed by atoms with Crippen LogP contribution < -0.4 is 10.1 Å². The molecule has 2 heterocycles. The molecule has 7 heteroatoms. The normalized spacial score (nSPS) is 16.1. The fraction of sp³-hybridized carbons (Fsp3) is 0.412. The topological polar surface area (TPSA) is 50.3 Å². The molecule has 1 N–H and O–H groups in total. The Morgan fingerprint density at radius 3 is 2.83 bits per heavy atom. The van der Waals surface area contributed by atoms with Crippen LogP contribution in [0.15, 0.2) is 36.5 Å². The number of anilines is 1. The zero-order valence-electron chi connectivity index (χ0n) is 13.3. The van der Waals surface area contributed by atoms with Gasteiger partial charge in [-0.25, -0.2) is 4.39 Å². The van der Waals surface area contributed by atoms with Crippen molar-refractivity contribution in [1.29, 1.82) is 0 Å². The van der Waals surface area contributed by atoms with Gasteiger partial charge >= 0.3 is 0 Å². The predicted molar refractivity (Wildman–Crippen MR) is 92.0 cm³/mol. The van der Waals surface area contributed by atoms with E-state index in [0.717, 1.165) is 38.3 Å². The van der Waals surface area contributed by atoms with Gasteiger partial charge in [-0.15, -0.1) is 5.10 Å². The minimum Gasteiger partial charge on any atom is -0.492 e. The molecular formula is C17H20ClFN4O. The van der Waals surface area contributed by atoms with Crippen LogP contribution >= 0.6 is 11.6 Å². The number of rotatable bonds is 6. The van der Waals surface area contributed by atoms with Gasteiger partial charge in [0.15, 0.2) is 0 Å². The average molecular weight is 351 g/mol. The standard InChI is InChI=1S/C17H20ClFN4O/c18-15-4-3-14(12-16(15)19)24-11-10-23-8-5-13(6-9-23)21-17-2-1-7-20-22-17/h1-4,7,12-13H,5-6,8-11H2,(H,21,22). The Hall–Kier alpha value is -1.92. The Bertz CT molecular complexity index is 650. The Balaban J connectivity index is 1.37. The molecule has 0 saturated carbocycles. The number of likely N-dealkylation sites (tertiary alicyclic amines) is 1. The summed E-state index contributed by atoms with van der Waals surface area (Å²) < 4.78 is 18.9. The van der Waals surface area contributed by atoms with Crippen molar-refractivity contribution in [3.8, 4) is 5.75 Å². The summed E-state index contributed by atoms with van der Waals surface area (Å²) in [6.45, 7) is 3.35. The second-order valence-electron chi connectivity index (χ2n) is 5.79. The van der Waals surface area contributed by atoms with Gasteiger partial charge in [0, 0.05) is 37.9 Å². The number of aromatic nitrogens is 2. The van der Waals surface area contributed by atoms with Crippen LogP contribution in [0.2, 0.25) is 5.02 Å². The molecule has 128 valence electrons. The quantitative estimate of drug-likeness (QED) is 0.866. The van der Waals surface area contributed by atoms with Crippen molar-refractivity contribution in [2.75, 3.05) is 31.6 Å². The lowest BCUT2D eigenvalue weighted by Crippen LogP contribution is -2.41. The summed E-state index contributed by atoms with van der Waals surface area (Å²) in [7, 11) is 0. The minimum absolute atomic E-state index is 0.111. The Labute approximate surface area is 145 Å². The first-order valence-corrected chi connectivity index (χ1v) is 8.43. The largest absolute Gasteiger partial charge is 0.492 e. The number of benzene rings is 1. The van der Waals surface area contributed by atoms with Gasteiger partial charge in [0.2, 0.25) is 0 Å².